The molecular formula is C14H22ClN3O. The number of aliphatic hydroxyl groups is 1. The van der Waals surface area contributed by atoms with Crippen LogP contribution in [0.3, 0.4) is 0 Å². The molecule has 1 aromatic heterocycles. The number of rotatable bonds is 5. The summed E-state index contributed by atoms with van der Waals surface area (Å²) in [5.41, 5.74) is 0.973. The highest BCUT2D eigenvalue weighted by Crippen LogP contribution is 2.30. The molecule has 4 nitrogen and oxygen atoms in total. The molecule has 0 spiro atoms. The minimum atomic E-state index is 0.289. The van der Waals surface area contributed by atoms with Crippen molar-refractivity contribution >= 4 is 17.4 Å². The summed E-state index contributed by atoms with van der Waals surface area (Å²) in [5, 5.41) is 13.4. The fraction of sp³-hybridized carbons (Fsp3) is 0.714. The Morgan fingerprint density at radius 2 is 2.05 bits per heavy atom. The van der Waals surface area contributed by atoms with Gasteiger partial charge in [0.2, 0.25) is 0 Å². The van der Waals surface area contributed by atoms with E-state index in [9.17, 15) is 5.11 Å². The van der Waals surface area contributed by atoms with Gasteiger partial charge in [-0.25, -0.2) is 9.97 Å². The van der Waals surface area contributed by atoms with Crippen molar-refractivity contribution in [3.05, 3.63) is 17.0 Å². The molecule has 1 fully saturated rings. The maximum atomic E-state index is 9.43. The number of aliphatic hydroxyl groups excluding tert-OH is 1. The van der Waals surface area contributed by atoms with Crippen molar-refractivity contribution in [3.8, 4) is 0 Å². The largest absolute Gasteiger partial charge is 0.396 e. The van der Waals surface area contributed by atoms with Crippen LogP contribution in [0.1, 0.15) is 38.2 Å². The summed E-state index contributed by atoms with van der Waals surface area (Å²) in [6.45, 7) is 3.19. The van der Waals surface area contributed by atoms with Crippen molar-refractivity contribution in [2.24, 2.45) is 11.8 Å². The normalized spacial score (nSPS) is 23.3. The van der Waals surface area contributed by atoms with Crippen LogP contribution in [0.25, 0.3) is 0 Å². The number of aromatic nitrogens is 2. The first kappa shape index (κ1) is 14.5. The SMILES string of the molecule is CCc1c(Cl)ncnc1NCC1CCCCC1CO. The average molecular weight is 284 g/mol. The van der Waals surface area contributed by atoms with Gasteiger partial charge in [0.05, 0.1) is 0 Å². The second kappa shape index (κ2) is 7.06. The fourth-order valence-electron chi connectivity index (χ4n) is 2.88. The number of nitrogens with one attached hydrogen (secondary N) is 1. The summed E-state index contributed by atoms with van der Waals surface area (Å²) in [6, 6.07) is 0. The van der Waals surface area contributed by atoms with Gasteiger partial charge in [-0.1, -0.05) is 31.4 Å². The molecule has 19 heavy (non-hydrogen) atoms. The van der Waals surface area contributed by atoms with Crippen molar-refractivity contribution in [1.82, 2.24) is 9.97 Å². The summed E-state index contributed by atoms with van der Waals surface area (Å²) >= 11 is 6.08. The zero-order chi connectivity index (χ0) is 13.7. The maximum absolute atomic E-state index is 9.43. The zero-order valence-electron chi connectivity index (χ0n) is 11.4. The summed E-state index contributed by atoms with van der Waals surface area (Å²) in [4.78, 5) is 8.29. The number of nitrogens with zero attached hydrogens (tertiary/aromatic N) is 2. The predicted molar refractivity (Wildman–Crippen MR) is 77.4 cm³/mol. The highest BCUT2D eigenvalue weighted by Gasteiger charge is 2.24. The van der Waals surface area contributed by atoms with Gasteiger partial charge in [0.1, 0.15) is 17.3 Å². The van der Waals surface area contributed by atoms with Crippen LogP contribution in [-0.2, 0) is 6.42 Å². The molecule has 0 amide bonds. The molecule has 2 rings (SSSR count). The van der Waals surface area contributed by atoms with Gasteiger partial charge in [0, 0.05) is 18.7 Å². The molecule has 2 atom stereocenters. The monoisotopic (exact) mass is 283 g/mol. The molecule has 1 heterocycles. The van der Waals surface area contributed by atoms with Crippen LogP contribution in [0.5, 0.6) is 0 Å². The van der Waals surface area contributed by atoms with Crippen LogP contribution in [-0.4, -0.2) is 28.2 Å². The van der Waals surface area contributed by atoms with Gasteiger partial charge in [-0.3, -0.25) is 0 Å². The zero-order valence-corrected chi connectivity index (χ0v) is 12.2. The Morgan fingerprint density at radius 3 is 2.74 bits per heavy atom. The topological polar surface area (TPSA) is 58.0 Å². The van der Waals surface area contributed by atoms with Crippen molar-refractivity contribution in [1.29, 1.82) is 0 Å². The van der Waals surface area contributed by atoms with Crippen molar-refractivity contribution < 1.29 is 5.11 Å². The minimum Gasteiger partial charge on any atom is -0.396 e. The van der Waals surface area contributed by atoms with Crippen LogP contribution in [0.15, 0.2) is 6.33 Å². The molecular weight excluding hydrogens is 262 g/mol. The lowest BCUT2D eigenvalue weighted by Gasteiger charge is -2.30. The molecule has 0 saturated heterocycles. The van der Waals surface area contributed by atoms with Crippen molar-refractivity contribution in [2.45, 2.75) is 39.0 Å². The summed E-state index contributed by atoms with van der Waals surface area (Å²) in [7, 11) is 0. The van der Waals surface area contributed by atoms with E-state index in [4.69, 9.17) is 11.6 Å². The van der Waals surface area contributed by atoms with Gasteiger partial charge >= 0.3 is 0 Å². The van der Waals surface area contributed by atoms with Gasteiger partial charge in [0.15, 0.2) is 0 Å². The van der Waals surface area contributed by atoms with Crippen LogP contribution in [0.2, 0.25) is 5.15 Å². The summed E-state index contributed by atoms with van der Waals surface area (Å²) in [6.07, 6.45) is 7.12. The van der Waals surface area contributed by atoms with Crippen molar-refractivity contribution in [2.75, 3.05) is 18.5 Å². The third kappa shape index (κ3) is 3.57. The van der Waals surface area contributed by atoms with E-state index in [0.29, 0.717) is 17.0 Å². The molecule has 106 valence electrons. The van der Waals surface area contributed by atoms with E-state index < -0.39 is 0 Å². The lowest BCUT2D eigenvalue weighted by atomic mass is 9.79. The molecule has 2 unspecified atom stereocenters. The first-order valence-corrected chi connectivity index (χ1v) is 7.48. The van der Waals surface area contributed by atoms with E-state index in [1.165, 1.54) is 25.6 Å². The molecule has 0 aliphatic heterocycles. The average Bonchev–Trinajstić information content (AvgIpc) is 2.45. The molecule has 1 saturated carbocycles. The highest BCUT2D eigenvalue weighted by molar-refractivity contribution is 6.30. The van der Waals surface area contributed by atoms with Gasteiger partial charge in [-0.15, -0.1) is 0 Å². The minimum absolute atomic E-state index is 0.289. The highest BCUT2D eigenvalue weighted by atomic mass is 35.5. The van der Waals surface area contributed by atoms with Crippen LogP contribution in [0, 0.1) is 11.8 Å². The van der Waals surface area contributed by atoms with E-state index in [1.54, 1.807) is 0 Å². The molecule has 1 aliphatic carbocycles. The van der Waals surface area contributed by atoms with E-state index in [1.807, 2.05) is 6.92 Å². The van der Waals surface area contributed by atoms with E-state index in [-0.39, 0.29) is 6.61 Å². The quantitative estimate of drug-likeness (QED) is 0.816. The van der Waals surface area contributed by atoms with Gasteiger partial charge in [-0.2, -0.15) is 0 Å². The molecule has 0 bridgehead atoms. The fourth-order valence-corrected chi connectivity index (χ4v) is 3.14. The molecule has 1 aliphatic rings. The third-order valence-corrected chi connectivity index (χ3v) is 4.40. The Balaban J connectivity index is 2.00. The van der Waals surface area contributed by atoms with Crippen LogP contribution in [0.4, 0.5) is 5.82 Å². The van der Waals surface area contributed by atoms with Gasteiger partial charge in [0.25, 0.3) is 0 Å². The number of halogens is 1. The van der Waals surface area contributed by atoms with E-state index >= 15 is 0 Å². The predicted octanol–water partition coefficient (Wildman–Crippen LogP) is 2.90. The summed E-state index contributed by atoms with van der Waals surface area (Å²) in [5.74, 6) is 1.78. The van der Waals surface area contributed by atoms with E-state index in [0.717, 1.165) is 30.8 Å². The van der Waals surface area contributed by atoms with Crippen molar-refractivity contribution in [3.63, 3.8) is 0 Å². The lowest BCUT2D eigenvalue weighted by molar-refractivity contribution is 0.141. The molecule has 5 heteroatoms. The standard InChI is InChI=1S/C14H22ClN3O/c1-2-12-13(15)17-9-18-14(12)16-7-10-5-3-4-6-11(10)8-19/h9-11,19H,2-8H2,1H3,(H,16,17,18). The number of anilines is 1. The molecule has 1 aromatic rings. The molecule has 0 aromatic carbocycles. The van der Waals surface area contributed by atoms with Gasteiger partial charge in [-0.05, 0) is 31.1 Å². The lowest BCUT2D eigenvalue weighted by Crippen LogP contribution is -2.29. The first-order valence-electron chi connectivity index (χ1n) is 7.10. The second-order valence-electron chi connectivity index (χ2n) is 5.21. The summed E-state index contributed by atoms with van der Waals surface area (Å²) < 4.78 is 0. The Kier molecular flexibility index (Phi) is 5.40. The third-order valence-electron chi connectivity index (χ3n) is 4.08. The second-order valence-corrected chi connectivity index (χ2v) is 5.57. The smallest absolute Gasteiger partial charge is 0.137 e. The van der Waals surface area contributed by atoms with E-state index in [2.05, 4.69) is 15.3 Å². The van der Waals surface area contributed by atoms with Crippen LogP contribution >= 0.6 is 11.6 Å². The number of hydrogen-bond acceptors (Lipinski definition) is 4. The Labute approximate surface area is 119 Å². The molecule has 2 N–H and O–H groups in total. The first-order chi connectivity index (χ1) is 9.26. The Morgan fingerprint density at radius 1 is 1.32 bits per heavy atom. The Bertz CT molecular complexity index is 414. The molecule has 0 radical (unpaired) electrons. The number of hydrogen-bond donors (Lipinski definition) is 2. The van der Waals surface area contributed by atoms with Gasteiger partial charge < -0.3 is 10.4 Å². The van der Waals surface area contributed by atoms with Crippen LogP contribution < -0.4 is 5.32 Å². The maximum Gasteiger partial charge on any atom is 0.137 e. The Hall–Kier alpha value is -0.870.